The Kier molecular flexibility index (Phi) is 25.1. The van der Waals surface area contributed by atoms with Gasteiger partial charge in [-0.05, 0) is 88.3 Å². The molecule has 0 heterocycles. The number of aliphatic imine (C=N–C) groups is 3. The summed E-state index contributed by atoms with van der Waals surface area (Å²) in [4.78, 5) is 13.6. The molecule has 52 heavy (non-hydrogen) atoms. The van der Waals surface area contributed by atoms with Gasteiger partial charge in [0.1, 0.15) is 17.2 Å². The van der Waals surface area contributed by atoms with Crippen LogP contribution in [0.15, 0.2) is 98.7 Å². The van der Waals surface area contributed by atoms with Gasteiger partial charge in [-0.25, -0.2) is 4.99 Å². The Morgan fingerprint density at radius 1 is 0.981 bits per heavy atom. The Hall–Kier alpha value is -3.68. The van der Waals surface area contributed by atoms with Crippen LogP contribution in [-0.2, 0) is 15.9 Å². The summed E-state index contributed by atoms with van der Waals surface area (Å²) in [7, 11) is 1.68. The standard InChI is InChI=1S/C25H40N2O2.C17H22F3N.C2H6/c1-8-12-17-26-25(21-15-16-21)24(20(6)29-11-4)22(14-10-3)27-18-23(28-7)19(5)13-9-2;1-5-12(4)16(21-15(7-3)17(18,19)20)14-10-8-13(6-2)9-11-14;1-2/h12,17-18,21H,5,8-11,13-16H2,1-4,6-7H3;7-12H,5-6H2,1-4H3;1-2H3/b17-12-,23-18+,24-20+,26-25+,27-22-;15-7-,21-16?;. The predicted octanol–water partition coefficient (Wildman–Crippen LogP) is 13.7. The van der Waals surface area contributed by atoms with Gasteiger partial charge in [-0.15, -0.1) is 0 Å². The second-order valence-corrected chi connectivity index (χ2v) is 12.4. The summed E-state index contributed by atoms with van der Waals surface area (Å²) in [5.74, 6) is 2.10. The largest absolute Gasteiger partial charge is 0.498 e. The number of aryl methyl sites for hydroxylation is 1. The van der Waals surface area contributed by atoms with E-state index in [4.69, 9.17) is 19.5 Å². The fourth-order valence-electron chi connectivity index (χ4n) is 5.12. The number of ether oxygens (including phenoxy) is 2. The van der Waals surface area contributed by atoms with Crippen LogP contribution in [0.3, 0.4) is 0 Å². The van der Waals surface area contributed by atoms with Gasteiger partial charge in [0, 0.05) is 12.1 Å². The van der Waals surface area contributed by atoms with E-state index in [1.165, 1.54) is 19.8 Å². The highest BCUT2D eigenvalue weighted by Gasteiger charge is 2.34. The van der Waals surface area contributed by atoms with Gasteiger partial charge in [0.2, 0.25) is 0 Å². The van der Waals surface area contributed by atoms with E-state index in [0.717, 1.165) is 96.2 Å². The first kappa shape index (κ1) is 48.3. The van der Waals surface area contributed by atoms with Gasteiger partial charge < -0.3 is 9.47 Å². The first-order chi connectivity index (χ1) is 24.9. The van der Waals surface area contributed by atoms with Crippen LogP contribution in [0.5, 0.6) is 0 Å². The molecule has 0 spiro atoms. The van der Waals surface area contributed by atoms with Gasteiger partial charge in [-0.3, -0.25) is 9.98 Å². The lowest BCUT2D eigenvalue weighted by atomic mass is 9.95. The van der Waals surface area contributed by atoms with Crippen molar-refractivity contribution in [1.82, 2.24) is 0 Å². The van der Waals surface area contributed by atoms with Crippen molar-refractivity contribution in [2.24, 2.45) is 26.8 Å². The predicted molar refractivity (Wildman–Crippen MR) is 218 cm³/mol. The molecule has 1 aromatic rings. The molecule has 292 valence electrons. The second-order valence-electron chi connectivity index (χ2n) is 12.4. The summed E-state index contributed by atoms with van der Waals surface area (Å²) in [6.07, 6.45) is 11.2. The molecule has 1 aliphatic carbocycles. The molecule has 0 N–H and O–H groups in total. The zero-order valence-corrected chi connectivity index (χ0v) is 34.3. The zero-order valence-electron chi connectivity index (χ0n) is 34.3. The Morgan fingerprint density at radius 2 is 1.60 bits per heavy atom. The number of benzene rings is 1. The third-order valence-corrected chi connectivity index (χ3v) is 8.26. The van der Waals surface area contributed by atoms with E-state index >= 15 is 0 Å². The number of methoxy groups -OCH3 is 1. The van der Waals surface area contributed by atoms with E-state index in [9.17, 15) is 13.2 Å². The normalized spacial score (nSPS) is 15.6. The summed E-state index contributed by atoms with van der Waals surface area (Å²) in [6, 6.07) is 7.59. The molecular formula is C44H68F3N3O2. The molecule has 1 saturated carbocycles. The van der Waals surface area contributed by atoms with Crippen LogP contribution < -0.4 is 0 Å². The van der Waals surface area contributed by atoms with Crippen molar-refractivity contribution in [3.63, 3.8) is 0 Å². The van der Waals surface area contributed by atoms with E-state index in [0.29, 0.717) is 18.2 Å². The lowest BCUT2D eigenvalue weighted by molar-refractivity contribution is -0.0924. The maximum atomic E-state index is 12.9. The van der Waals surface area contributed by atoms with E-state index < -0.39 is 11.9 Å². The number of nitrogens with zero attached hydrogens (tertiary/aromatic N) is 3. The topological polar surface area (TPSA) is 55.5 Å². The fourth-order valence-corrected chi connectivity index (χ4v) is 5.12. The first-order valence-electron chi connectivity index (χ1n) is 19.3. The van der Waals surface area contributed by atoms with Crippen molar-refractivity contribution in [2.45, 2.75) is 140 Å². The minimum atomic E-state index is -4.42. The molecule has 0 bridgehead atoms. The van der Waals surface area contributed by atoms with Crippen molar-refractivity contribution in [3.05, 3.63) is 94.9 Å². The summed E-state index contributed by atoms with van der Waals surface area (Å²) < 4.78 is 50.2. The van der Waals surface area contributed by atoms with Gasteiger partial charge in [0.25, 0.3) is 0 Å². The van der Waals surface area contributed by atoms with Crippen LogP contribution in [-0.4, -0.2) is 37.0 Å². The molecule has 8 heteroatoms. The highest BCUT2D eigenvalue weighted by Crippen LogP contribution is 2.36. The minimum absolute atomic E-state index is 0.0326. The summed E-state index contributed by atoms with van der Waals surface area (Å²) in [5.41, 5.74) is 5.71. The molecule has 1 aromatic carbocycles. The number of halogens is 3. The van der Waals surface area contributed by atoms with Crippen LogP contribution in [0.25, 0.3) is 0 Å². The van der Waals surface area contributed by atoms with Crippen LogP contribution in [0.1, 0.15) is 139 Å². The SMILES string of the molecule is C/C=C(\N=C(c1ccc(CC)cc1)C(C)CC)C(F)(F)F.C=C(CCC)\C(=C/N=C(CCC)\C(C(=N\C=C/CC)\C1CC1)=C(\C)OCC)OC.CC. The molecule has 5 nitrogen and oxygen atoms in total. The van der Waals surface area contributed by atoms with Gasteiger partial charge >= 0.3 is 6.18 Å². The van der Waals surface area contributed by atoms with Gasteiger partial charge in [-0.1, -0.05) is 111 Å². The Bertz CT molecular complexity index is 1410. The van der Waals surface area contributed by atoms with E-state index in [2.05, 4.69) is 38.4 Å². The molecule has 1 aliphatic rings. The number of hydrogen-bond acceptors (Lipinski definition) is 5. The van der Waals surface area contributed by atoms with Crippen LogP contribution in [0.2, 0.25) is 0 Å². The fraction of sp³-hybridized carbons (Fsp3) is 0.568. The van der Waals surface area contributed by atoms with E-state index in [-0.39, 0.29) is 5.92 Å². The number of alkyl halides is 3. The third kappa shape index (κ3) is 17.2. The van der Waals surface area contributed by atoms with Gasteiger partial charge in [0.05, 0.1) is 42.6 Å². The average molecular weight is 728 g/mol. The minimum Gasteiger partial charge on any atom is -0.498 e. The molecule has 1 atom stereocenters. The van der Waals surface area contributed by atoms with Crippen LogP contribution in [0, 0.1) is 11.8 Å². The molecule has 0 radical (unpaired) electrons. The first-order valence-corrected chi connectivity index (χ1v) is 19.3. The lowest BCUT2D eigenvalue weighted by Crippen LogP contribution is -2.18. The van der Waals surface area contributed by atoms with Gasteiger partial charge in [0.15, 0.2) is 0 Å². The van der Waals surface area contributed by atoms with Crippen molar-refractivity contribution < 1.29 is 22.6 Å². The maximum Gasteiger partial charge on any atom is 0.433 e. The smallest absolute Gasteiger partial charge is 0.433 e. The molecule has 0 saturated heterocycles. The molecule has 1 unspecified atom stereocenters. The number of rotatable bonds is 19. The van der Waals surface area contributed by atoms with Crippen molar-refractivity contribution >= 4 is 17.1 Å². The average Bonchev–Trinajstić information content (AvgIpc) is 3.98. The van der Waals surface area contributed by atoms with Crippen LogP contribution in [0.4, 0.5) is 13.2 Å². The highest BCUT2D eigenvalue weighted by atomic mass is 19.4. The lowest BCUT2D eigenvalue weighted by Gasteiger charge is -2.17. The Balaban J connectivity index is 0.000000999. The van der Waals surface area contributed by atoms with Crippen LogP contribution >= 0.6 is 0 Å². The van der Waals surface area contributed by atoms with Crippen molar-refractivity contribution in [2.75, 3.05) is 13.7 Å². The monoisotopic (exact) mass is 728 g/mol. The van der Waals surface area contributed by atoms with E-state index in [1.807, 2.05) is 85.1 Å². The molecule has 1 fully saturated rings. The molecule has 0 amide bonds. The van der Waals surface area contributed by atoms with Crippen molar-refractivity contribution in [3.8, 4) is 0 Å². The summed E-state index contributed by atoms with van der Waals surface area (Å²) in [6.45, 7) is 26.5. The van der Waals surface area contributed by atoms with E-state index in [1.54, 1.807) is 7.11 Å². The molecule has 2 rings (SSSR count). The quantitative estimate of drug-likeness (QED) is 0.0809. The zero-order chi connectivity index (χ0) is 39.7. The summed E-state index contributed by atoms with van der Waals surface area (Å²) >= 11 is 0. The second kappa shape index (κ2) is 27.0. The molecule has 0 aliphatic heterocycles. The highest BCUT2D eigenvalue weighted by molar-refractivity contribution is 6.26. The number of hydrogen-bond donors (Lipinski definition) is 0. The third-order valence-electron chi connectivity index (χ3n) is 8.26. The molecule has 0 aromatic heterocycles. The maximum absolute atomic E-state index is 12.9. The Morgan fingerprint density at radius 3 is 2.04 bits per heavy atom. The van der Waals surface area contributed by atoms with Gasteiger partial charge in [-0.2, -0.15) is 13.2 Å². The number of allylic oxidation sites excluding steroid dienone is 6. The molecular weight excluding hydrogens is 659 g/mol. The Labute approximate surface area is 314 Å². The summed E-state index contributed by atoms with van der Waals surface area (Å²) in [5, 5.41) is 0. The van der Waals surface area contributed by atoms with Crippen molar-refractivity contribution in [1.29, 1.82) is 0 Å².